The highest BCUT2D eigenvalue weighted by atomic mass is 19.3. The van der Waals surface area contributed by atoms with Gasteiger partial charge >= 0.3 is 0 Å². The average molecular weight is 228 g/mol. The molecule has 0 bridgehead atoms. The Bertz CT molecular complexity index is 416. The van der Waals surface area contributed by atoms with Crippen molar-refractivity contribution in [3.8, 4) is 6.07 Å². The van der Waals surface area contributed by atoms with E-state index in [9.17, 15) is 8.78 Å². The third-order valence-electron chi connectivity index (χ3n) is 1.86. The van der Waals surface area contributed by atoms with Crippen LogP contribution in [-0.4, -0.2) is 29.2 Å². The van der Waals surface area contributed by atoms with Gasteiger partial charge in [-0.25, -0.2) is 13.8 Å². The van der Waals surface area contributed by atoms with Crippen LogP contribution in [0.25, 0.3) is 0 Å². The molecule has 4 N–H and O–H groups in total. The SMILES string of the molecule is N#Cc1ccnc(NCC(F)(F)CO)c1N. The van der Waals surface area contributed by atoms with Crippen LogP contribution in [0.1, 0.15) is 5.56 Å². The van der Waals surface area contributed by atoms with Crippen LogP contribution >= 0.6 is 0 Å². The number of anilines is 2. The van der Waals surface area contributed by atoms with Crippen LogP contribution in [0, 0.1) is 11.3 Å². The second-order valence-corrected chi connectivity index (χ2v) is 3.10. The summed E-state index contributed by atoms with van der Waals surface area (Å²) in [6, 6.07) is 3.18. The first-order valence-electron chi connectivity index (χ1n) is 4.37. The van der Waals surface area contributed by atoms with Crippen molar-refractivity contribution in [1.29, 1.82) is 5.26 Å². The first-order chi connectivity index (χ1) is 7.50. The number of aliphatic hydroxyl groups is 1. The molecule has 0 unspecified atom stereocenters. The van der Waals surface area contributed by atoms with Crippen LogP contribution in [0.2, 0.25) is 0 Å². The summed E-state index contributed by atoms with van der Waals surface area (Å²) in [6.45, 7) is -2.06. The molecule has 86 valence electrons. The molecular formula is C9H10F2N4O. The van der Waals surface area contributed by atoms with Crippen molar-refractivity contribution in [2.75, 3.05) is 24.2 Å². The summed E-state index contributed by atoms with van der Waals surface area (Å²) in [5.74, 6) is -3.25. The maximum absolute atomic E-state index is 12.7. The zero-order valence-corrected chi connectivity index (χ0v) is 8.24. The van der Waals surface area contributed by atoms with Gasteiger partial charge < -0.3 is 16.2 Å². The lowest BCUT2D eigenvalue weighted by atomic mass is 10.2. The molecule has 0 aromatic carbocycles. The van der Waals surface area contributed by atoms with E-state index in [1.165, 1.54) is 12.3 Å². The van der Waals surface area contributed by atoms with E-state index in [1.807, 2.05) is 0 Å². The third kappa shape index (κ3) is 2.77. The number of nitrogens with zero attached hydrogens (tertiary/aromatic N) is 2. The van der Waals surface area contributed by atoms with Gasteiger partial charge in [-0.2, -0.15) is 5.26 Å². The smallest absolute Gasteiger partial charge is 0.287 e. The largest absolute Gasteiger partial charge is 0.395 e. The van der Waals surface area contributed by atoms with Gasteiger partial charge in [0.1, 0.15) is 12.7 Å². The van der Waals surface area contributed by atoms with Crippen LogP contribution in [0.5, 0.6) is 0 Å². The van der Waals surface area contributed by atoms with Gasteiger partial charge in [-0.3, -0.25) is 0 Å². The van der Waals surface area contributed by atoms with E-state index in [0.29, 0.717) is 0 Å². The van der Waals surface area contributed by atoms with E-state index in [-0.39, 0.29) is 17.1 Å². The standard InChI is InChI=1S/C9H10F2N4O/c10-9(11,5-16)4-15-8-7(13)6(3-12)1-2-14-8/h1-2,16H,4-5,13H2,(H,14,15). The van der Waals surface area contributed by atoms with Crippen LogP contribution < -0.4 is 11.1 Å². The fourth-order valence-corrected chi connectivity index (χ4v) is 0.981. The number of nitrogens with two attached hydrogens (primary N) is 1. The molecule has 0 aliphatic carbocycles. The lowest BCUT2D eigenvalue weighted by Gasteiger charge is -2.15. The van der Waals surface area contributed by atoms with Crippen LogP contribution in [0.3, 0.4) is 0 Å². The first-order valence-corrected chi connectivity index (χ1v) is 4.37. The summed E-state index contributed by atoms with van der Waals surface area (Å²) in [5, 5.41) is 19.3. The molecule has 0 saturated heterocycles. The van der Waals surface area contributed by atoms with E-state index in [1.54, 1.807) is 6.07 Å². The Hall–Kier alpha value is -1.94. The van der Waals surface area contributed by atoms with Crippen molar-refractivity contribution in [3.05, 3.63) is 17.8 Å². The number of nitrogen functional groups attached to an aromatic ring is 1. The minimum absolute atomic E-state index is 0.00664. The molecule has 16 heavy (non-hydrogen) atoms. The van der Waals surface area contributed by atoms with E-state index in [0.717, 1.165) is 0 Å². The van der Waals surface area contributed by atoms with Crippen molar-refractivity contribution in [2.24, 2.45) is 0 Å². The predicted octanol–water partition coefficient (Wildman–Crippen LogP) is 0.575. The molecular weight excluding hydrogens is 218 g/mol. The normalized spacial score (nSPS) is 10.9. The monoisotopic (exact) mass is 228 g/mol. The van der Waals surface area contributed by atoms with Crippen LogP contribution in [0.15, 0.2) is 12.3 Å². The molecule has 0 aliphatic heterocycles. The number of alkyl halides is 2. The van der Waals surface area contributed by atoms with Crippen molar-refractivity contribution in [1.82, 2.24) is 4.98 Å². The Balaban J connectivity index is 2.80. The number of aromatic nitrogens is 1. The summed E-state index contributed by atoms with van der Waals surface area (Å²) >= 11 is 0. The topological polar surface area (TPSA) is 95.0 Å². The fraction of sp³-hybridized carbons (Fsp3) is 0.333. The highest BCUT2D eigenvalue weighted by molar-refractivity contribution is 5.68. The zero-order valence-electron chi connectivity index (χ0n) is 8.24. The maximum Gasteiger partial charge on any atom is 0.287 e. The molecule has 7 heteroatoms. The molecule has 0 fully saturated rings. The first kappa shape index (κ1) is 12.1. The lowest BCUT2D eigenvalue weighted by Crippen LogP contribution is -2.31. The van der Waals surface area contributed by atoms with E-state index in [4.69, 9.17) is 16.1 Å². The quantitative estimate of drug-likeness (QED) is 0.700. The molecule has 0 spiro atoms. The molecule has 1 rings (SSSR count). The van der Waals surface area contributed by atoms with Crippen molar-refractivity contribution < 1.29 is 13.9 Å². The number of halogens is 2. The summed E-state index contributed by atoms with van der Waals surface area (Å²) in [6.07, 6.45) is 1.29. The lowest BCUT2D eigenvalue weighted by molar-refractivity contribution is -0.0373. The molecule has 5 nitrogen and oxygen atoms in total. The summed E-state index contributed by atoms with van der Waals surface area (Å²) in [7, 11) is 0. The van der Waals surface area contributed by atoms with Crippen molar-refractivity contribution >= 4 is 11.5 Å². The highest BCUT2D eigenvalue weighted by Gasteiger charge is 2.27. The van der Waals surface area contributed by atoms with E-state index >= 15 is 0 Å². The highest BCUT2D eigenvalue weighted by Crippen LogP contribution is 2.20. The van der Waals surface area contributed by atoms with Gasteiger partial charge in [0, 0.05) is 6.20 Å². The number of nitrogens with one attached hydrogen (secondary N) is 1. The fourth-order valence-electron chi connectivity index (χ4n) is 0.981. The number of pyridine rings is 1. The van der Waals surface area contributed by atoms with Crippen molar-refractivity contribution in [3.63, 3.8) is 0 Å². The summed E-state index contributed by atoms with van der Waals surface area (Å²) in [5.41, 5.74) is 5.68. The second-order valence-electron chi connectivity index (χ2n) is 3.10. The summed E-state index contributed by atoms with van der Waals surface area (Å²) < 4.78 is 25.4. The number of nitriles is 1. The maximum atomic E-state index is 12.7. The molecule has 0 radical (unpaired) electrons. The van der Waals surface area contributed by atoms with Gasteiger partial charge in [-0.05, 0) is 6.07 Å². The van der Waals surface area contributed by atoms with Gasteiger partial charge in [-0.15, -0.1) is 0 Å². The molecule has 0 atom stereocenters. The molecule has 0 aliphatic rings. The van der Waals surface area contributed by atoms with Gasteiger partial charge in [0.15, 0.2) is 5.82 Å². The van der Waals surface area contributed by atoms with Crippen molar-refractivity contribution in [2.45, 2.75) is 5.92 Å². The Morgan fingerprint density at radius 1 is 1.62 bits per heavy atom. The Kier molecular flexibility index (Phi) is 3.58. The zero-order chi connectivity index (χ0) is 12.2. The van der Waals surface area contributed by atoms with Gasteiger partial charge in [-0.1, -0.05) is 0 Å². The van der Waals surface area contributed by atoms with Crippen LogP contribution in [-0.2, 0) is 0 Å². The molecule has 0 amide bonds. The Morgan fingerprint density at radius 2 is 2.31 bits per heavy atom. The average Bonchev–Trinajstić information content (AvgIpc) is 2.28. The molecule has 1 heterocycles. The number of rotatable bonds is 4. The second kappa shape index (κ2) is 4.72. The minimum Gasteiger partial charge on any atom is -0.395 e. The number of hydrogen-bond donors (Lipinski definition) is 3. The third-order valence-corrected chi connectivity index (χ3v) is 1.86. The molecule has 1 aromatic rings. The molecule has 1 aromatic heterocycles. The predicted molar refractivity (Wildman–Crippen MR) is 53.9 cm³/mol. The van der Waals surface area contributed by atoms with Crippen LogP contribution in [0.4, 0.5) is 20.3 Å². The Morgan fingerprint density at radius 3 is 2.88 bits per heavy atom. The van der Waals surface area contributed by atoms with Gasteiger partial charge in [0.05, 0.1) is 17.8 Å². The van der Waals surface area contributed by atoms with Gasteiger partial charge in [0.2, 0.25) is 0 Å². The van der Waals surface area contributed by atoms with E-state index < -0.39 is 19.1 Å². The summed E-state index contributed by atoms with van der Waals surface area (Å²) in [4.78, 5) is 3.72. The number of hydrogen-bond acceptors (Lipinski definition) is 5. The number of aliphatic hydroxyl groups excluding tert-OH is 1. The van der Waals surface area contributed by atoms with Gasteiger partial charge in [0.25, 0.3) is 5.92 Å². The Labute approximate surface area is 90.5 Å². The molecule has 0 saturated carbocycles. The van der Waals surface area contributed by atoms with E-state index in [2.05, 4.69) is 10.3 Å². The minimum atomic E-state index is -3.25.